The third-order valence-electron chi connectivity index (χ3n) is 2.74. The predicted octanol–water partition coefficient (Wildman–Crippen LogP) is 3.60. The van der Waals surface area contributed by atoms with Crippen molar-refractivity contribution in [2.24, 2.45) is 0 Å². The highest BCUT2D eigenvalue weighted by molar-refractivity contribution is 7.10. The van der Waals surface area contributed by atoms with Gasteiger partial charge in [0.15, 0.2) is 6.10 Å². The topological polar surface area (TPSA) is 21.3 Å². The molecule has 16 heavy (non-hydrogen) atoms. The molecule has 0 radical (unpaired) electrons. The van der Waals surface area contributed by atoms with Gasteiger partial charge in [0.25, 0.3) is 0 Å². The maximum Gasteiger partial charge on any atom is 0.150 e. The summed E-state index contributed by atoms with van der Waals surface area (Å²) in [4.78, 5) is 1.28. The molecule has 1 unspecified atom stereocenters. The molecule has 1 aromatic heterocycles. The first-order valence-corrected chi connectivity index (χ1v) is 6.25. The molecule has 2 nitrogen and oxygen atoms in total. The van der Waals surface area contributed by atoms with Crippen molar-refractivity contribution in [3.63, 3.8) is 0 Å². The van der Waals surface area contributed by atoms with Crippen LogP contribution in [0.4, 0.5) is 5.69 Å². The third-order valence-corrected chi connectivity index (χ3v) is 3.71. The number of benzene rings is 1. The summed E-state index contributed by atoms with van der Waals surface area (Å²) in [5, 5.41) is 5.50. The average molecular weight is 231 g/mol. The van der Waals surface area contributed by atoms with E-state index in [0.717, 1.165) is 18.0 Å². The molecule has 2 aromatic rings. The Morgan fingerprint density at radius 3 is 3.12 bits per heavy atom. The van der Waals surface area contributed by atoms with Gasteiger partial charge in [-0.25, -0.2) is 0 Å². The van der Waals surface area contributed by atoms with Crippen molar-refractivity contribution in [2.75, 3.05) is 11.9 Å². The fourth-order valence-electron chi connectivity index (χ4n) is 1.90. The largest absolute Gasteiger partial charge is 0.481 e. The Bertz CT molecular complexity index is 493. The SMILES string of the molecule is Cc1ccc2c(c1)OC(c1cccs1)CN2. The van der Waals surface area contributed by atoms with Crippen molar-refractivity contribution in [1.82, 2.24) is 0 Å². The number of hydrogen-bond acceptors (Lipinski definition) is 3. The molecule has 1 aliphatic rings. The molecule has 2 heterocycles. The van der Waals surface area contributed by atoms with Crippen molar-refractivity contribution in [3.8, 4) is 5.75 Å². The minimum absolute atomic E-state index is 0.147. The molecule has 1 atom stereocenters. The van der Waals surface area contributed by atoms with Gasteiger partial charge < -0.3 is 10.1 Å². The van der Waals surface area contributed by atoms with Crippen LogP contribution in [0.3, 0.4) is 0 Å². The summed E-state index contributed by atoms with van der Waals surface area (Å²) in [5.41, 5.74) is 2.32. The summed E-state index contributed by atoms with van der Waals surface area (Å²) in [7, 11) is 0. The number of anilines is 1. The van der Waals surface area contributed by atoms with Crippen LogP contribution in [0.15, 0.2) is 35.7 Å². The van der Waals surface area contributed by atoms with Gasteiger partial charge in [-0.05, 0) is 36.1 Å². The second-order valence-electron chi connectivity index (χ2n) is 4.00. The summed E-state index contributed by atoms with van der Waals surface area (Å²) in [6.07, 6.45) is 0.147. The molecule has 0 aliphatic carbocycles. The molecule has 0 saturated heterocycles. The monoisotopic (exact) mass is 231 g/mol. The maximum atomic E-state index is 6.01. The summed E-state index contributed by atoms with van der Waals surface area (Å²) >= 11 is 1.74. The molecule has 0 bridgehead atoms. The number of hydrogen-bond donors (Lipinski definition) is 1. The van der Waals surface area contributed by atoms with E-state index in [1.165, 1.54) is 10.4 Å². The Hall–Kier alpha value is -1.48. The van der Waals surface area contributed by atoms with Gasteiger partial charge in [0, 0.05) is 4.88 Å². The van der Waals surface area contributed by atoms with Crippen molar-refractivity contribution in [2.45, 2.75) is 13.0 Å². The third kappa shape index (κ3) is 1.67. The zero-order valence-corrected chi connectivity index (χ0v) is 9.88. The Morgan fingerprint density at radius 2 is 2.31 bits per heavy atom. The molecule has 1 aromatic carbocycles. The van der Waals surface area contributed by atoms with Gasteiger partial charge in [-0.2, -0.15) is 0 Å². The van der Waals surface area contributed by atoms with Crippen LogP contribution in [-0.4, -0.2) is 6.54 Å². The van der Waals surface area contributed by atoms with E-state index in [0.29, 0.717) is 0 Å². The highest BCUT2D eigenvalue weighted by atomic mass is 32.1. The van der Waals surface area contributed by atoms with E-state index in [2.05, 4.69) is 48.0 Å². The van der Waals surface area contributed by atoms with Crippen LogP contribution >= 0.6 is 11.3 Å². The van der Waals surface area contributed by atoms with Crippen molar-refractivity contribution < 1.29 is 4.74 Å². The summed E-state index contributed by atoms with van der Waals surface area (Å²) < 4.78 is 6.01. The molecule has 0 amide bonds. The second kappa shape index (κ2) is 3.83. The lowest BCUT2D eigenvalue weighted by Crippen LogP contribution is -2.22. The van der Waals surface area contributed by atoms with Gasteiger partial charge in [0.2, 0.25) is 0 Å². The normalized spacial score (nSPS) is 18.4. The van der Waals surface area contributed by atoms with E-state index in [1.807, 2.05) is 0 Å². The maximum absolute atomic E-state index is 6.01. The molecule has 1 aliphatic heterocycles. The number of nitrogens with one attached hydrogen (secondary N) is 1. The molecule has 3 heteroatoms. The molecular formula is C13H13NOS. The van der Waals surface area contributed by atoms with Gasteiger partial charge in [0.1, 0.15) is 5.75 Å². The zero-order chi connectivity index (χ0) is 11.0. The quantitative estimate of drug-likeness (QED) is 0.809. The van der Waals surface area contributed by atoms with Crippen LogP contribution in [0.5, 0.6) is 5.75 Å². The minimum atomic E-state index is 0.147. The lowest BCUT2D eigenvalue weighted by atomic mass is 10.1. The van der Waals surface area contributed by atoms with E-state index in [-0.39, 0.29) is 6.10 Å². The first-order valence-electron chi connectivity index (χ1n) is 5.37. The number of ether oxygens (including phenoxy) is 1. The van der Waals surface area contributed by atoms with E-state index >= 15 is 0 Å². The predicted molar refractivity (Wildman–Crippen MR) is 67.4 cm³/mol. The zero-order valence-electron chi connectivity index (χ0n) is 9.07. The minimum Gasteiger partial charge on any atom is -0.481 e. The fraction of sp³-hybridized carbons (Fsp3) is 0.231. The van der Waals surface area contributed by atoms with Gasteiger partial charge in [-0.3, -0.25) is 0 Å². The number of rotatable bonds is 1. The van der Waals surface area contributed by atoms with Crippen molar-refractivity contribution in [3.05, 3.63) is 46.2 Å². The summed E-state index contributed by atoms with van der Waals surface area (Å²) in [6, 6.07) is 10.4. The van der Waals surface area contributed by atoms with Crippen LogP contribution in [0.2, 0.25) is 0 Å². The Morgan fingerprint density at radius 1 is 1.38 bits per heavy atom. The van der Waals surface area contributed by atoms with Crippen LogP contribution in [0.25, 0.3) is 0 Å². The van der Waals surface area contributed by atoms with E-state index in [1.54, 1.807) is 11.3 Å². The molecule has 3 rings (SSSR count). The smallest absolute Gasteiger partial charge is 0.150 e. The van der Waals surface area contributed by atoms with E-state index in [9.17, 15) is 0 Å². The Kier molecular flexibility index (Phi) is 2.33. The van der Waals surface area contributed by atoms with E-state index in [4.69, 9.17) is 4.74 Å². The first kappa shape index (κ1) is 9.73. The van der Waals surface area contributed by atoms with Crippen LogP contribution in [0, 0.1) is 6.92 Å². The Balaban J connectivity index is 1.91. The molecule has 1 N–H and O–H groups in total. The molecule has 0 saturated carbocycles. The van der Waals surface area contributed by atoms with Crippen molar-refractivity contribution >= 4 is 17.0 Å². The highest BCUT2D eigenvalue weighted by Gasteiger charge is 2.21. The molecule has 0 spiro atoms. The van der Waals surface area contributed by atoms with Crippen molar-refractivity contribution in [1.29, 1.82) is 0 Å². The van der Waals surface area contributed by atoms with Crippen LogP contribution in [0.1, 0.15) is 16.5 Å². The average Bonchev–Trinajstić information content (AvgIpc) is 2.81. The molecular weight excluding hydrogens is 218 g/mol. The van der Waals surface area contributed by atoms with Gasteiger partial charge >= 0.3 is 0 Å². The second-order valence-corrected chi connectivity index (χ2v) is 4.98. The lowest BCUT2D eigenvalue weighted by Gasteiger charge is -2.27. The van der Waals surface area contributed by atoms with Gasteiger partial charge in [-0.1, -0.05) is 12.1 Å². The number of aryl methyl sites for hydroxylation is 1. The number of fused-ring (bicyclic) bond motifs is 1. The van der Waals surface area contributed by atoms with Gasteiger partial charge in [0.05, 0.1) is 12.2 Å². The Labute approximate surface area is 98.9 Å². The van der Waals surface area contributed by atoms with Crippen LogP contribution < -0.4 is 10.1 Å². The molecule has 82 valence electrons. The fourth-order valence-corrected chi connectivity index (χ4v) is 2.66. The standard InChI is InChI=1S/C13H13NOS/c1-9-4-5-10-11(7-9)15-12(8-14-10)13-3-2-6-16-13/h2-7,12,14H,8H2,1H3. The molecule has 0 fully saturated rings. The number of thiophene rings is 1. The lowest BCUT2D eigenvalue weighted by molar-refractivity contribution is 0.214. The summed E-state index contributed by atoms with van der Waals surface area (Å²) in [5.74, 6) is 0.963. The van der Waals surface area contributed by atoms with Crippen LogP contribution in [-0.2, 0) is 0 Å². The van der Waals surface area contributed by atoms with E-state index < -0.39 is 0 Å². The highest BCUT2D eigenvalue weighted by Crippen LogP contribution is 2.35. The first-order chi connectivity index (χ1) is 7.83. The van der Waals surface area contributed by atoms with Gasteiger partial charge in [-0.15, -0.1) is 11.3 Å². The summed E-state index contributed by atoms with van der Waals surface area (Å²) in [6.45, 7) is 2.93.